The summed E-state index contributed by atoms with van der Waals surface area (Å²) in [5.74, 6) is 0. The molecular weight excluding hydrogens is 348 g/mol. The van der Waals surface area contributed by atoms with E-state index in [1.165, 1.54) is 0 Å². The Hall–Kier alpha value is -1.94. The average Bonchev–Trinajstić information content (AvgIpc) is 3.32. The maximum absolute atomic E-state index is 10.2. The molecule has 0 amide bonds. The van der Waals surface area contributed by atoms with Crippen LogP contribution in [-0.2, 0) is 11.1 Å². The zero-order chi connectivity index (χ0) is 19.9. The van der Waals surface area contributed by atoms with Gasteiger partial charge in [-0.25, -0.2) is 9.36 Å². The van der Waals surface area contributed by atoms with Gasteiger partial charge in [-0.15, -0.1) is 10.2 Å². The molecule has 10 heteroatoms. The van der Waals surface area contributed by atoms with Crippen molar-refractivity contribution in [2.45, 2.75) is 95.9 Å². The van der Waals surface area contributed by atoms with E-state index in [0.29, 0.717) is 25.7 Å². The normalized spacial score (nSPS) is 15.0. The number of aliphatic hydroxyl groups excluding tert-OH is 2. The van der Waals surface area contributed by atoms with Crippen LogP contribution < -0.4 is 0 Å². The summed E-state index contributed by atoms with van der Waals surface area (Å²) in [6, 6.07) is 0. The van der Waals surface area contributed by atoms with Crippen molar-refractivity contribution in [1.82, 2.24) is 40.4 Å². The van der Waals surface area contributed by atoms with E-state index in [-0.39, 0.29) is 23.3 Å². The van der Waals surface area contributed by atoms with Crippen LogP contribution in [0.25, 0.3) is 0 Å². The van der Waals surface area contributed by atoms with Gasteiger partial charge < -0.3 is 10.2 Å². The van der Waals surface area contributed by atoms with Crippen LogP contribution in [0.15, 0.2) is 12.7 Å². The highest BCUT2D eigenvalue weighted by Crippen LogP contribution is 2.24. The van der Waals surface area contributed by atoms with Gasteiger partial charge in [0.2, 0.25) is 0 Å². The molecule has 0 aliphatic carbocycles. The summed E-state index contributed by atoms with van der Waals surface area (Å²) >= 11 is 0. The fourth-order valence-electron chi connectivity index (χ4n) is 3.02. The number of aromatic nitrogens is 8. The van der Waals surface area contributed by atoms with Gasteiger partial charge in [0.15, 0.2) is 0 Å². The van der Waals surface area contributed by atoms with E-state index >= 15 is 0 Å². The molecule has 27 heavy (non-hydrogen) atoms. The fourth-order valence-corrected chi connectivity index (χ4v) is 3.02. The molecule has 2 rings (SSSR count). The van der Waals surface area contributed by atoms with Crippen LogP contribution in [0, 0.1) is 0 Å². The van der Waals surface area contributed by atoms with Crippen LogP contribution in [0.3, 0.4) is 0 Å². The van der Waals surface area contributed by atoms with Crippen molar-refractivity contribution in [3.63, 3.8) is 0 Å². The fraction of sp³-hybridized carbons (Fsp3) is 0.882. The van der Waals surface area contributed by atoms with Crippen LogP contribution in [0.5, 0.6) is 0 Å². The standard InChI is InChI=1S/C17H32N8O2/c1-16(2,24-12-18-20-22-24)10-8-14(26)6-5-7-15(27)9-11-17(3,4)25-13-19-21-23-25/h12-15,26-27H,5-11H2,1-4H3. The Labute approximate surface area is 160 Å². The molecule has 2 atom stereocenters. The van der Waals surface area contributed by atoms with Gasteiger partial charge in [-0.2, -0.15) is 0 Å². The van der Waals surface area contributed by atoms with E-state index in [1.54, 1.807) is 22.0 Å². The zero-order valence-electron chi connectivity index (χ0n) is 16.7. The molecule has 0 bridgehead atoms. The quantitative estimate of drug-likeness (QED) is 0.563. The largest absolute Gasteiger partial charge is 0.393 e. The molecule has 0 aliphatic rings. The summed E-state index contributed by atoms with van der Waals surface area (Å²) in [5.41, 5.74) is -0.461. The summed E-state index contributed by atoms with van der Waals surface area (Å²) in [6.45, 7) is 8.19. The summed E-state index contributed by atoms with van der Waals surface area (Å²) in [5, 5.41) is 43.0. The molecule has 0 aromatic carbocycles. The third-order valence-corrected chi connectivity index (χ3v) is 5.19. The molecule has 0 fully saturated rings. The first kappa shape index (κ1) is 21.4. The summed E-state index contributed by atoms with van der Waals surface area (Å²) in [4.78, 5) is 0. The van der Waals surface area contributed by atoms with Crippen molar-refractivity contribution < 1.29 is 10.2 Å². The van der Waals surface area contributed by atoms with Gasteiger partial charge in [0.25, 0.3) is 0 Å². The van der Waals surface area contributed by atoms with Crippen molar-refractivity contribution in [2.75, 3.05) is 0 Å². The number of hydrogen-bond acceptors (Lipinski definition) is 8. The second kappa shape index (κ2) is 9.32. The van der Waals surface area contributed by atoms with Crippen LogP contribution >= 0.6 is 0 Å². The summed E-state index contributed by atoms with van der Waals surface area (Å²) in [6.07, 6.45) is 7.49. The van der Waals surface area contributed by atoms with E-state index < -0.39 is 0 Å². The molecular formula is C17H32N8O2. The predicted octanol–water partition coefficient (Wildman–Crippen LogP) is 1.28. The van der Waals surface area contributed by atoms with Gasteiger partial charge in [0.1, 0.15) is 12.7 Å². The molecule has 2 unspecified atom stereocenters. The maximum Gasteiger partial charge on any atom is 0.138 e. The van der Waals surface area contributed by atoms with E-state index in [1.807, 2.05) is 27.7 Å². The third-order valence-electron chi connectivity index (χ3n) is 5.19. The molecule has 2 N–H and O–H groups in total. The van der Waals surface area contributed by atoms with Gasteiger partial charge in [-0.1, -0.05) is 0 Å². The van der Waals surface area contributed by atoms with Gasteiger partial charge in [0.05, 0.1) is 23.3 Å². The molecule has 10 nitrogen and oxygen atoms in total. The van der Waals surface area contributed by atoms with E-state index in [4.69, 9.17) is 0 Å². The molecule has 0 radical (unpaired) electrons. The Morgan fingerprint density at radius 2 is 1.15 bits per heavy atom. The van der Waals surface area contributed by atoms with Crippen molar-refractivity contribution in [3.05, 3.63) is 12.7 Å². The number of rotatable bonds is 12. The Morgan fingerprint density at radius 1 is 0.741 bits per heavy atom. The molecule has 2 aromatic heterocycles. The van der Waals surface area contributed by atoms with Crippen LogP contribution in [0.1, 0.15) is 72.6 Å². The lowest BCUT2D eigenvalue weighted by Crippen LogP contribution is -2.29. The SMILES string of the molecule is CC(C)(CCC(O)CCCC(O)CCC(C)(C)n1cnnn1)n1cnnn1. The van der Waals surface area contributed by atoms with Crippen LogP contribution in [0.4, 0.5) is 0 Å². The highest BCUT2D eigenvalue weighted by atomic mass is 16.3. The summed E-state index contributed by atoms with van der Waals surface area (Å²) in [7, 11) is 0. The van der Waals surface area contributed by atoms with E-state index in [9.17, 15) is 10.2 Å². The highest BCUT2D eigenvalue weighted by Gasteiger charge is 2.24. The number of aliphatic hydroxyl groups is 2. The van der Waals surface area contributed by atoms with E-state index in [2.05, 4.69) is 31.1 Å². The minimum atomic E-state index is -0.384. The summed E-state index contributed by atoms with van der Waals surface area (Å²) < 4.78 is 3.44. The topological polar surface area (TPSA) is 128 Å². The Kier molecular flexibility index (Phi) is 7.37. The average molecular weight is 380 g/mol. The minimum Gasteiger partial charge on any atom is -0.393 e. The lowest BCUT2D eigenvalue weighted by atomic mass is 9.93. The molecule has 0 saturated heterocycles. The lowest BCUT2D eigenvalue weighted by Gasteiger charge is -2.26. The minimum absolute atomic E-state index is 0.230. The Bertz CT molecular complexity index is 586. The third kappa shape index (κ3) is 6.62. The van der Waals surface area contributed by atoms with Gasteiger partial charge in [-0.3, -0.25) is 0 Å². The smallest absolute Gasteiger partial charge is 0.138 e. The van der Waals surface area contributed by atoms with Crippen molar-refractivity contribution in [1.29, 1.82) is 0 Å². The molecule has 0 saturated carbocycles. The number of nitrogens with zero attached hydrogens (tertiary/aromatic N) is 8. The van der Waals surface area contributed by atoms with Crippen molar-refractivity contribution in [2.24, 2.45) is 0 Å². The van der Waals surface area contributed by atoms with Gasteiger partial charge in [0, 0.05) is 0 Å². The molecule has 0 aliphatic heterocycles. The Morgan fingerprint density at radius 3 is 1.48 bits per heavy atom. The molecule has 2 aromatic rings. The van der Waals surface area contributed by atoms with E-state index in [0.717, 1.165) is 19.3 Å². The second-order valence-electron chi connectivity index (χ2n) is 8.45. The predicted molar refractivity (Wildman–Crippen MR) is 98.6 cm³/mol. The zero-order valence-corrected chi connectivity index (χ0v) is 16.7. The van der Waals surface area contributed by atoms with Gasteiger partial charge >= 0.3 is 0 Å². The highest BCUT2D eigenvalue weighted by molar-refractivity contribution is 4.78. The maximum atomic E-state index is 10.2. The monoisotopic (exact) mass is 380 g/mol. The van der Waals surface area contributed by atoms with Crippen molar-refractivity contribution in [3.8, 4) is 0 Å². The van der Waals surface area contributed by atoms with Crippen LogP contribution in [0.2, 0.25) is 0 Å². The first-order valence-electron chi connectivity index (χ1n) is 9.54. The molecule has 0 spiro atoms. The lowest BCUT2D eigenvalue weighted by molar-refractivity contribution is 0.105. The number of hydrogen-bond donors (Lipinski definition) is 2. The van der Waals surface area contributed by atoms with Crippen molar-refractivity contribution >= 4 is 0 Å². The molecule has 152 valence electrons. The molecule has 2 heterocycles. The first-order valence-corrected chi connectivity index (χ1v) is 9.54. The second-order valence-corrected chi connectivity index (χ2v) is 8.45. The Balaban J connectivity index is 1.62. The first-order chi connectivity index (χ1) is 12.7. The van der Waals surface area contributed by atoms with Crippen LogP contribution in [-0.4, -0.2) is 62.8 Å². The van der Waals surface area contributed by atoms with Gasteiger partial charge in [-0.05, 0) is 93.5 Å². The number of tetrazole rings is 2.